The zero-order valence-corrected chi connectivity index (χ0v) is 14.0. The number of aromatic nitrogens is 4. The molecule has 1 aromatic carbocycles. The summed E-state index contributed by atoms with van der Waals surface area (Å²) in [5.74, 6) is 0.00130. The van der Waals surface area contributed by atoms with Gasteiger partial charge in [-0.2, -0.15) is 4.98 Å². The van der Waals surface area contributed by atoms with E-state index in [1.807, 2.05) is 12.1 Å². The smallest absolute Gasteiger partial charge is 0.328 e. The molecule has 0 aliphatic rings. The van der Waals surface area contributed by atoms with Gasteiger partial charge < -0.3 is 14.5 Å². The highest BCUT2D eigenvalue weighted by Gasteiger charge is 2.11. The molecular weight excluding hydrogens is 324 g/mol. The maximum atomic E-state index is 12.2. The highest BCUT2D eigenvalue weighted by atomic mass is 16.5. The van der Waals surface area contributed by atoms with Gasteiger partial charge in [0.1, 0.15) is 12.1 Å². The Hall–Kier alpha value is -3.00. The molecule has 2 aromatic heterocycles. The molecule has 0 bridgehead atoms. The number of nitrogens with zero attached hydrogens (tertiary/aromatic N) is 3. The van der Waals surface area contributed by atoms with E-state index in [2.05, 4.69) is 15.0 Å². The van der Waals surface area contributed by atoms with Crippen LogP contribution >= 0.6 is 0 Å². The first-order valence-corrected chi connectivity index (χ1v) is 7.75. The molecule has 0 radical (unpaired) electrons. The van der Waals surface area contributed by atoms with Crippen molar-refractivity contribution in [2.24, 2.45) is 0 Å². The lowest BCUT2D eigenvalue weighted by Gasteiger charge is -2.06. The minimum atomic E-state index is -0.283. The van der Waals surface area contributed by atoms with E-state index in [0.29, 0.717) is 36.5 Å². The molecule has 1 N–H and O–H groups in total. The molecule has 25 heavy (non-hydrogen) atoms. The fourth-order valence-electron chi connectivity index (χ4n) is 2.39. The number of ketones is 1. The third-order valence-electron chi connectivity index (χ3n) is 3.71. The van der Waals surface area contributed by atoms with Gasteiger partial charge in [0, 0.05) is 12.7 Å². The summed E-state index contributed by atoms with van der Waals surface area (Å²) in [7, 11) is 1.58. The van der Waals surface area contributed by atoms with Crippen LogP contribution in [0.4, 0.5) is 0 Å². The van der Waals surface area contributed by atoms with Crippen LogP contribution in [0, 0.1) is 0 Å². The summed E-state index contributed by atoms with van der Waals surface area (Å²) in [6.07, 6.45) is 1.52. The molecule has 0 spiro atoms. The van der Waals surface area contributed by atoms with Gasteiger partial charge in [0.15, 0.2) is 11.4 Å². The lowest BCUT2D eigenvalue weighted by molar-refractivity contribution is 0.101. The van der Waals surface area contributed by atoms with Gasteiger partial charge in [0.25, 0.3) is 0 Å². The number of hydrogen-bond acceptors (Lipinski definition) is 6. The second-order valence-corrected chi connectivity index (χ2v) is 5.50. The minimum Gasteiger partial charge on any atom is -0.461 e. The van der Waals surface area contributed by atoms with Gasteiger partial charge in [-0.25, -0.2) is 9.78 Å². The third-order valence-corrected chi connectivity index (χ3v) is 3.71. The second-order valence-electron chi connectivity index (χ2n) is 5.50. The van der Waals surface area contributed by atoms with Crippen LogP contribution in [0.25, 0.3) is 11.2 Å². The molecule has 0 aliphatic carbocycles. The van der Waals surface area contributed by atoms with Crippen molar-refractivity contribution in [1.29, 1.82) is 0 Å². The molecule has 130 valence electrons. The summed E-state index contributed by atoms with van der Waals surface area (Å²) >= 11 is 0. The number of Topliss-reactive ketones (excluding diaryl/α,β-unsaturated/α-hetero) is 1. The van der Waals surface area contributed by atoms with Crippen LogP contribution < -0.4 is 10.4 Å². The SMILES string of the molecule is COCCOc1ncc2[nH]c(=O)n(Cc3ccc(C(C)=O)cc3)c2n1. The van der Waals surface area contributed by atoms with Crippen LogP contribution in [-0.2, 0) is 11.3 Å². The van der Waals surface area contributed by atoms with E-state index in [0.717, 1.165) is 5.56 Å². The molecule has 0 fully saturated rings. The van der Waals surface area contributed by atoms with Crippen LogP contribution in [-0.4, -0.2) is 45.6 Å². The molecule has 8 nitrogen and oxygen atoms in total. The molecule has 0 aliphatic heterocycles. The summed E-state index contributed by atoms with van der Waals surface area (Å²) in [6.45, 7) is 2.58. The fourth-order valence-corrected chi connectivity index (χ4v) is 2.39. The predicted octanol–water partition coefficient (Wildman–Crippen LogP) is 1.40. The Balaban J connectivity index is 1.89. The fraction of sp³-hybridized carbons (Fsp3) is 0.294. The number of rotatable bonds is 7. The van der Waals surface area contributed by atoms with Crippen molar-refractivity contribution in [2.75, 3.05) is 20.3 Å². The van der Waals surface area contributed by atoms with E-state index in [4.69, 9.17) is 9.47 Å². The van der Waals surface area contributed by atoms with Crippen molar-refractivity contribution in [3.8, 4) is 6.01 Å². The van der Waals surface area contributed by atoms with E-state index in [1.165, 1.54) is 17.7 Å². The van der Waals surface area contributed by atoms with Crippen molar-refractivity contribution in [1.82, 2.24) is 19.5 Å². The summed E-state index contributed by atoms with van der Waals surface area (Å²) < 4.78 is 11.8. The quantitative estimate of drug-likeness (QED) is 0.515. The Morgan fingerprint density at radius 2 is 2.00 bits per heavy atom. The number of carbonyl (C=O) groups is 1. The largest absolute Gasteiger partial charge is 0.461 e. The first kappa shape index (κ1) is 16.8. The van der Waals surface area contributed by atoms with E-state index in [-0.39, 0.29) is 17.5 Å². The number of ether oxygens (including phenoxy) is 2. The molecule has 0 atom stereocenters. The third kappa shape index (κ3) is 3.74. The first-order chi connectivity index (χ1) is 12.1. The van der Waals surface area contributed by atoms with Gasteiger partial charge >= 0.3 is 11.7 Å². The number of fused-ring (bicyclic) bond motifs is 1. The molecule has 8 heteroatoms. The van der Waals surface area contributed by atoms with E-state index in [9.17, 15) is 9.59 Å². The van der Waals surface area contributed by atoms with Gasteiger partial charge in [-0.1, -0.05) is 24.3 Å². The van der Waals surface area contributed by atoms with Crippen LogP contribution in [0.5, 0.6) is 6.01 Å². The Morgan fingerprint density at radius 1 is 1.24 bits per heavy atom. The first-order valence-electron chi connectivity index (χ1n) is 7.75. The van der Waals surface area contributed by atoms with Crippen molar-refractivity contribution >= 4 is 16.9 Å². The molecule has 3 aromatic rings. The van der Waals surface area contributed by atoms with E-state index < -0.39 is 0 Å². The minimum absolute atomic E-state index is 0.00130. The van der Waals surface area contributed by atoms with Gasteiger partial charge in [0.05, 0.1) is 19.3 Å². The maximum Gasteiger partial charge on any atom is 0.328 e. The van der Waals surface area contributed by atoms with Crippen LogP contribution in [0.2, 0.25) is 0 Å². The summed E-state index contributed by atoms with van der Waals surface area (Å²) in [5, 5.41) is 0. The number of nitrogens with one attached hydrogen (secondary N) is 1. The second kappa shape index (κ2) is 7.27. The maximum absolute atomic E-state index is 12.2. The lowest BCUT2D eigenvalue weighted by atomic mass is 10.1. The molecule has 0 amide bonds. The number of methoxy groups -OCH3 is 1. The summed E-state index contributed by atoms with van der Waals surface area (Å²) in [4.78, 5) is 34.6. The highest BCUT2D eigenvalue weighted by Crippen LogP contribution is 2.13. The average Bonchev–Trinajstić information content (AvgIpc) is 2.91. The van der Waals surface area contributed by atoms with Crippen LogP contribution in [0.15, 0.2) is 35.3 Å². The summed E-state index contributed by atoms with van der Waals surface area (Å²) in [5.41, 5.74) is 2.22. The van der Waals surface area contributed by atoms with Gasteiger partial charge in [-0.3, -0.25) is 9.36 Å². The topological polar surface area (TPSA) is 99.1 Å². The Kier molecular flexibility index (Phi) is 4.90. The van der Waals surface area contributed by atoms with Gasteiger partial charge in [0.2, 0.25) is 0 Å². The Bertz CT molecular complexity index is 943. The predicted molar refractivity (Wildman–Crippen MR) is 91.1 cm³/mol. The lowest BCUT2D eigenvalue weighted by Crippen LogP contribution is -2.18. The molecule has 0 unspecified atom stereocenters. The van der Waals surface area contributed by atoms with Crippen molar-refractivity contribution in [3.63, 3.8) is 0 Å². The van der Waals surface area contributed by atoms with E-state index in [1.54, 1.807) is 19.2 Å². The Labute approximate surface area is 143 Å². The van der Waals surface area contributed by atoms with Crippen molar-refractivity contribution in [2.45, 2.75) is 13.5 Å². The Morgan fingerprint density at radius 3 is 2.68 bits per heavy atom. The number of H-pyrrole nitrogens is 1. The van der Waals surface area contributed by atoms with Gasteiger partial charge in [-0.15, -0.1) is 0 Å². The number of hydrogen-bond donors (Lipinski definition) is 1. The molecular formula is C17H18N4O4. The number of benzene rings is 1. The zero-order valence-electron chi connectivity index (χ0n) is 14.0. The molecule has 3 rings (SSSR count). The average molecular weight is 342 g/mol. The molecule has 0 saturated carbocycles. The summed E-state index contributed by atoms with van der Waals surface area (Å²) in [6, 6.07) is 7.31. The van der Waals surface area contributed by atoms with E-state index >= 15 is 0 Å². The van der Waals surface area contributed by atoms with Gasteiger partial charge in [-0.05, 0) is 12.5 Å². The molecule has 2 heterocycles. The van der Waals surface area contributed by atoms with Crippen LogP contribution in [0.1, 0.15) is 22.8 Å². The number of aromatic amines is 1. The monoisotopic (exact) mass is 342 g/mol. The number of imidazole rings is 1. The van der Waals surface area contributed by atoms with Crippen LogP contribution in [0.3, 0.4) is 0 Å². The van der Waals surface area contributed by atoms with Crippen molar-refractivity contribution < 1.29 is 14.3 Å². The number of carbonyl (C=O) groups excluding carboxylic acids is 1. The zero-order chi connectivity index (χ0) is 17.8. The normalized spacial score (nSPS) is 11.0. The highest BCUT2D eigenvalue weighted by molar-refractivity contribution is 5.94. The van der Waals surface area contributed by atoms with Crippen molar-refractivity contribution in [3.05, 3.63) is 52.1 Å². The standard InChI is InChI=1S/C17H18N4O4/c1-11(22)13-5-3-12(4-6-13)10-21-15-14(19-17(21)23)9-18-16(20-15)25-8-7-24-2/h3-6,9H,7-8,10H2,1-2H3,(H,19,23). The molecule has 0 saturated heterocycles.